The average Bonchev–Trinajstić information content (AvgIpc) is 2.71. The van der Waals surface area contributed by atoms with Gasteiger partial charge >= 0.3 is 5.92 Å². The molecule has 1 aromatic heterocycles. The Balaban J connectivity index is 1.84. The van der Waals surface area contributed by atoms with E-state index < -0.39 is 17.4 Å². The SMILES string of the molecule is Cc1nc(CCNC(=O)C(F)(F)C2(O)CCC2)cs1. The van der Waals surface area contributed by atoms with Crippen molar-refractivity contribution in [2.75, 3.05) is 6.54 Å². The van der Waals surface area contributed by atoms with Crippen LogP contribution >= 0.6 is 11.3 Å². The third-order valence-electron chi connectivity index (χ3n) is 3.38. The van der Waals surface area contributed by atoms with Crippen LogP contribution in [0.5, 0.6) is 0 Å². The van der Waals surface area contributed by atoms with E-state index in [0.29, 0.717) is 12.8 Å². The summed E-state index contributed by atoms with van der Waals surface area (Å²) in [6, 6.07) is 0. The van der Waals surface area contributed by atoms with Gasteiger partial charge in [0, 0.05) is 18.3 Å². The smallest absolute Gasteiger partial charge is 0.352 e. The van der Waals surface area contributed by atoms with Crippen LogP contribution in [0.1, 0.15) is 30.0 Å². The maximum atomic E-state index is 13.7. The number of amides is 1. The van der Waals surface area contributed by atoms with Gasteiger partial charge in [-0.3, -0.25) is 4.79 Å². The molecule has 0 spiro atoms. The second-order valence-corrected chi connectivity index (χ2v) is 5.89. The minimum Gasteiger partial charge on any atom is -0.383 e. The van der Waals surface area contributed by atoms with Crippen molar-refractivity contribution >= 4 is 17.2 Å². The second kappa shape index (κ2) is 5.13. The molecule has 1 amide bonds. The van der Waals surface area contributed by atoms with Gasteiger partial charge in [0.05, 0.1) is 10.7 Å². The Morgan fingerprint density at radius 2 is 2.32 bits per heavy atom. The monoisotopic (exact) mass is 290 g/mol. The lowest BCUT2D eigenvalue weighted by atomic mass is 9.75. The first-order valence-electron chi connectivity index (χ1n) is 6.15. The van der Waals surface area contributed by atoms with Gasteiger partial charge < -0.3 is 10.4 Å². The average molecular weight is 290 g/mol. The Hall–Kier alpha value is -1.08. The molecule has 0 aliphatic heterocycles. The zero-order valence-electron chi connectivity index (χ0n) is 10.6. The first-order chi connectivity index (χ1) is 8.85. The van der Waals surface area contributed by atoms with Crippen LogP contribution in [-0.2, 0) is 11.2 Å². The van der Waals surface area contributed by atoms with Gasteiger partial charge in [0.2, 0.25) is 0 Å². The van der Waals surface area contributed by atoms with Crippen LogP contribution in [0, 0.1) is 6.92 Å². The molecule has 7 heteroatoms. The topological polar surface area (TPSA) is 62.2 Å². The number of thiazole rings is 1. The number of halogens is 2. The van der Waals surface area contributed by atoms with Crippen molar-refractivity contribution in [1.82, 2.24) is 10.3 Å². The maximum Gasteiger partial charge on any atom is 0.352 e. The van der Waals surface area contributed by atoms with Crippen molar-refractivity contribution in [3.63, 3.8) is 0 Å². The van der Waals surface area contributed by atoms with Crippen molar-refractivity contribution in [3.05, 3.63) is 16.1 Å². The van der Waals surface area contributed by atoms with Crippen molar-refractivity contribution in [3.8, 4) is 0 Å². The Bertz CT molecular complexity index is 472. The van der Waals surface area contributed by atoms with E-state index in [1.165, 1.54) is 11.3 Å². The van der Waals surface area contributed by atoms with E-state index in [-0.39, 0.29) is 19.4 Å². The number of alkyl halides is 2. The molecule has 19 heavy (non-hydrogen) atoms. The van der Waals surface area contributed by atoms with Crippen LogP contribution in [0.2, 0.25) is 0 Å². The van der Waals surface area contributed by atoms with E-state index in [9.17, 15) is 18.7 Å². The minimum atomic E-state index is -3.72. The normalized spacial score (nSPS) is 17.9. The first kappa shape index (κ1) is 14.3. The van der Waals surface area contributed by atoms with E-state index in [1.807, 2.05) is 12.3 Å². The molecule has 106 valence electrons. The van der Waals surface area contributed by atoms with Gasteiger partial charge in [-0.2, -0.15) is 8.78 Å². The highest BCUT2D eigenvalue weighted by Crippen LogP contribution is 2.44. The van der Waals surface area contributed by atoms with Crippen molar-refractivity contribution in [1.29, 1.82) is 0 Å². The Labute approximate surface area is 113 Å². The first-order valence-corrected chi connectivity index (χ1v) is 7.03. The van der Waals surface area contributed by atoms with E-state index in [2.05, 4.69) is 10.3 Å². The van der Waals surface area contributed by atoms with Crippen LogP contribution in [0.15, 0.2) is 5.38 Å². The number of aromatic nitrogens is 1. The zero-order valence-corrected chi connectivity index (χ0v) is 11.4. The number of aryl methyl sites for hydroxylation is 1. The lowest BCUT2D eigenvalue weighted by molar-refractivity contribution is -0.215. The number of hydrogen-bond acceptors (Lipinski definition) is 4. The molecule has 4 nitrogen and oxygen atoms in total. The molecule has 1 aliphatic rings. The zero-order chi connectivity index (χ0) is 14.1. The molecule has 0 aromatic carbocycles. The van der Waals surface area contributed by atoms with Gasteiger partial charge in [-0.25, -0.2) is 4.98 Å². The third kappa shape index (κ3) is 2.76. The quantitative estimate of drug-likeness (QED) is 0.867. The predicted octanol–water partition coefficient (Wildman–Crippen LogP) is 1.66. The fourth-order valence-electron chi connectivity index (χ4n) is 1.98. The van der Waals surface area contributed by atoms with E-state index in [1.54, 1.807) is 0 Å². The number of aliphatic hydroxyl groups is 1. The van der Waals surface area contributed by atoms with E-state index in [0.717, 1.165) is 10.7 Å². The molecule has 0 radical (unpaired) electrons. The molecule has 0 saturated heterocycles. The van der Waals surface area contributed by atoms with E-state index >= 15 is 0 Å². The van der Waals surface area contributed by atoms with E-state index in [4.69, 9.17) is 0 Å². The molecular weight excluding hydrogens is 274 g/mol. The Morgan fingerprint density at radius 1 is 1.63 bits per heavy atom. The predicted molar refractivity (Wildman–Crippen MR) is 67.3 cm³/mol. The van der Waals surface area contributed by atoms with Gasteiger partial charge in [-0.05, 0) is 26.2 Å². The molecule has 2 rings (SSSR count). The van der Waals surface area contributed by atoms with Gasteiger partial charge in [-0.15, -0.1) is 11.3 Å². The molecule has 2 N–H and O–H groups in total. The lowest BCUT2D eigenvalue weighted by Crippen LogP contribution is -2.60. The molecule has 1 fully saturated rings. The van der Waals surface area contributed by atoms with Crippen LogP contribution in [0.3, 0.4) is 0 Å². The van der Waals surface area contributed by atoms with Crippen LogP contribution < -0.4 is 5.32 Å². The number of carbonyl (C=O) groups excluding carboxylic acids is 1. The third-order valence-corrected chi connectivity index (χ3v) is 4.21. The summed E-state index contributed by atoms with van der Waals surface area (Å²) in [7, 11) is 0. The number of hydrogen-bond donors (Lipinski definition) is 2. The highest BCUT2D eigenvalue weighted by atomic mass is 32.1. The molecule has 0 unspecified atom stereocenters. The summed E-state index contributed by atoms with van der Waals surface area (Å²) in [6.45, 7) is 1.95. The van der Waals surface area contributed by atoms with Crippen LogP contribution in [0.25, 0.3) is 0 Å². The number of nitrogens with one attached hydrogen (secondary N) is 1. The fraction of sp³-hybridized carbons (Fsp3) is 0.667. The molecule has 1 heterocycles. The minimum absolute atomic E-state index is 0.0291. The lowest BCUT2D eigenvalue weighted by Gasteiger charge is -2.41. The number of rotatable bonds is 5. The van der Waals surface area contributed by atoms with Gasteiger partial charge in [0.1, 0.15) is 5.60 Å². The summed E-state index contributed by atoms with van der Waals surface area (Å²) in [5.74, 6) is -5.12. The molecule has 1 aromatic rings. The Kier molecular flexibility index (Phi) is 3.87. The largest absolute Gasteiger partial charge is 0.383 e. The molecule has 1 saturated carbocycles. The molecule has 0 bridgehead atoms. The Morgan fingerprint density at radius 3 is 2.79 bits per heavy atom. The van der Waals surface area contributed by atoms with Gasteiger partial charge in [0.25, 0.3) is 5.91 Å². The number of nitrogens with zero attached hydrogens (tertiary/aromatic N) is 1. The number of carbonyl (C=O) groups is 1. The summed E-state index contributed by atoms with van der Waals surface area (Å²) in [5, 5.41) is 14.5. The van der Waals surface area contributed by atoms with Crippen molar-refractivity contribution in [2.24, 2.45) is 0 Å². The van der Waals surface area contributed by atoms with Crippen LogP contribution in [-0.4, -0.2) is 34.1 Å². The summed E-state index contributed by atoms with van der Waals surface area (Å²) in [5.41, 5.74) is -1.39. The fourth-order valence-corrected chi connectivity index (χ4v) is 2.62. The second-order valence-electron chi connectivity index (χ2n) is 4.82. The summed E-state index contributed by atoms with van der Waals surface area (Å²) in [4.78, 5) is 15.6. The van der Waals surface area contributed by atoms with Crippen molar-refractivity contribution in [2.45, 2.75) is 44.1 Å². The standard InChI is InChI=1S/C12H16F2N2O2S/c1-8-16-9(7-19-8)3-6-15-10(17)12(13,14)11(18)4-2-5-11/h7,18H,2-6H2,1H3,(H,15,17). The summed E-state index contributed by atoms with van der Waals surface area (Å²) in [6.07, 6.45) is 0.874. The highest BCUT2D eigenvalue weighted by Gasteiger charge is 2.60. The van der Waals surface area contributed by atoms with Gasteiger partial charge in [0.15, 0.2) is 0 Å². The highest BCUT2D eigenvalue weighted by molar-refractivity contribution is 7.09. The summed E-state index contributed by atoms with van der Waals surface area (Å²) < 4.78 is 27.4. The molecular formula is C12H16F2N2O2S. The van der Waals surface area contributed by atoms with Crippen LogP contribution in [0.4, 0.5) is 8.78 Å². The summed E-state index contributed by atoms with van der Waals surface area (Å²) >= 11 is 1.47. The molecule has 1 aliphatic carbocycles. The van der Waals surface area contributed by atoms with Crippen molar-refractivity contribution < 1.29 is 18.7 Å². The maximum absolute atomic E-state index is 13.7. The van der Waals surface area contributed by atoms with Gasteiger partial charge in [-0.1, -0.05) is 0 Å². The molecule has 0 atom stereocenters.